The maximum Gasteiger partial charge on any atom is 0.354 e. The average Bonchev–Trinajstić information content (AvgIpc) is 3.45. The maximum atomic E-state index is 13.1. The van der Waals surface area contributed by atoms with Gasteiger partial charge in [-0.1, -0.05) is 6.07 Å². The lowest BCUT2D eigenvalue weighted by molar-refractivity contribution is 0.156. The number of carbonyl (C=O) groups is 1. The van der Waals surface area contributed by atoms with E-state index in [1.165, 1.54) is 17.3 Å². The molecule has 1 aromatic heterocycles. The summed E-state index contributed by atoms with van der Waals surface area (Å²) >= 11 is 0. The molecule has 0 saturated heterocycles. The molecule has 1 aromatic carbocycles. The molecule has 3 N–H and O–H groups in total. The quantitative estimate of drug-likeness (QED) is 0.749. The van der Waals surface area contributed by atoms with Crippen molar-refractivity contribution in [3.8, 4) is 5.88 Å². The first-order valence-corrected chi connectivity index (χ1v) is 12.2. The molecule has 10 heteroatoms. The summed E-state index contributed by atoms with van der Waals surface area (Å²) in [6.45, 7) is 1.83. The van der Waals surface area contributed by atoms with Crippen LogP contribution in [-0.2, 0) is 46.9 Å². The second kappa shape index (κ2) is 7.92. The predicted octanol–water partition coefficient (Wildman–Crippen LogP) is 2.45. The monoisotopic (exact) mass is 445 g/mol. The highest BCUT2D eigenvalue weighted by Crippen LogP contribution is 2.40. The van der Waals surface area contributed by atoms with Crippen molar-refractivity contribution in [3.63, 3.8) is 0 Å². The second-order valence-electron chi connectivity index (χ2n) is 8.44. The molecule has 0 saturated carbocycles. The molecule has 0 radical (unpaired) electrons. The van der Waals surface area contributed by atoms with Crippen LogP contribution >= 0.6 is 0 Å². The third kappa shape index (κ3) is 3.72. The van der Waals surface area contributed by atoms with Gasteiger partial charge in [-0.25, -0.2) is 18.8 Å². The number of aromatic nitrogens is 2. The fourth-order valence-corrected chi connectivity index (χ4v) is 5.99. The number of rotatable bonds is 4. The molecule has 0 spiro atoms. The number of benzene rings is 1. The van der Waals surface area contributed by atoms with E-state index in [1.807, 2.05) is 0 Å². The van der Waals surface area contributed by atoms with Crippen LogP contribution in [0.15, 0.2) is 21.5 Å². The Kier molecular flexibility index (Phi) is 5.23. The SMILES string of the molecule is COC[C@@H]1Cc2cc3c(c(NC(=O)N=S(N)(=O)c4cnn5c4OCCC5)c2C1)CCC3. The molecule has 2 aromatic rings. The number of hydrogen-bond acceptors (Lipinski definition) is 5. The van der Waals surface area contributed by atoms with E-state index in [2.05, 4.69) is 20.8 Å². The number of nitrogens with two attached hydrogens (primary N) is 1. The van der Waals surface area contributed by atoms with Crippen molar-refractivity contribution in [2.45, 2.75) is 50.0 Å². The summed E-state index contributed by atoms with van der Waals surface area (Å²) in [4.78, 5) is 13.0. The van der Waals surface area contributed by atoms with Crippen molar-refractivity contribution in [1.29, 1.82) is 0 Å². The van der Waals surface area contributed by atoms with Crippen LogP contribution in [-0.4, -0.2) is 40.3 Å². The zero-order valence-corrected chi connectivity index (χ0v) is 18.4. The van der Waals surface area contributed by atoms with Gasteiger partial charge < -0.3 is 14.8 Å². The van der Waals surface area contributed by atoms with Gasteiger partial charge in [-0.05, 0) is 60.3 Å². The summed E-state index contributed by atoms with van der Waals surface area (Å²) in [5, 5.41) is 13.1. The van der Waals surface area contributed by atoms with Gasteiger partial charge in [0.05, 0.1) is 12.8 Å². The van der Waals surface area contributed by atoms with Crippen LogP contribution in [0.3, 0.4) is 0 Å². The minimum absolute atomic E-state index is 0.158. The molecule has 2 atom stereocenters. The number of nitrogens with one attached hydrogen (secondary N) is 1. The Morgan fingerprint density at radius 2 is 2.23 bits per heavy atom. The van der Waals surface area contributed by atoms with E-state index < -0.39 is 15.9 Å². The van der Waals surface area contributed by atoms with Gasteiger partial charge in [0, 0.05) is 32.4 Å². The summed E-state index contributed by atoms with van der Waals surface area (Å²) in [5.41, 5.74) is 5.65. The molecule has 0 bridgehead atoms. The highest BCUT2D eigenvalue weighted by Gasteiger charge is 2.30. The Morgan fingerprint density at radius 3 is 3.06 bits per heavy atom. The van der Waals surface area contributed by atoms with Gasteiger partial charge in [-0.15, -0.1) is 4.36 Å². The fourth-order valence-electron chi connectivity index (χ4n) is 4.99. The van der Waals surface area contributed by atoms with Crippen molar-refractivity contribution in [1.82, 2.24) is 9.78 Å². The third-order valence-corrected chi connectivity index (χ3v) is 7.63. The highest BCUT2D eigenvalue weighted by molar-refractivity contribution is 7.91. The normalized spacial score (nSPS) is 20.9. The molecule has 5 rings (SSSR count). The molecular weight excluding hydrogens is 418 g/mol. The van der Waals surface area contributed by atoms with Crippen molar-refractivity contribution in [2.75, 3.05) is 25.6 Å². The zero-order valence-electron chi connectivity index (χ0n) is 17.6. The van der Waals surface area contributed by atoms with Crippen LogP contribution in [0.4, 0.5) is 10.5 Å². The zero-order chi connectivity index (χ0) is 21.6. The van der Waals surface area contributed by atoms with E-state index >= 15 is 0 Å². The molecule has 2 heterocycles. The predicted molar refractivity (Wildman–Crippen MR) is 116 cm³/mol. The number of urea groups is 1. The van der Waals surface area contributed by atoms with Gasteiger partial charge in [0.2, 0.25) is 5.88 Å². The average molecular weight is 446 g/mol. The molecule has 2 amide bonds. The Balaban J connectivity index is 1.46. The number of fused-ring (bicyclic) bond motifs is 3. The molecule has 1 unspecified atom stereocenters. The van der Waals surface area contributed by atoms with Gasteiger partial charge in [0.15, 0.2) is 9.92 Å². The molecule has 1 aliphatic heterocycles. The molecular formula is C21H27N5O4S. The van der Waals surface area contributed by atoms with Gasteiger partial charge in [0.25, 0.3) is 0 Å². The molecule has 0 fully saturated rings. The number of methoxy groups -OCH3 is 1. The number of aryl methyl sites for hydroxylation is 2. The number of anilines is 1. The summed E-state index contributed by atoms with van der Waals surface area (Å²) < 4.78 is 29.5. The fraction of sp³-hybridized carbons (Fsp3) is 0.524. The smallest absolute Gasteiger partial charge is 0.354 e. The van der Waals surface area contributed by atoms with Gasteiger partial charge in [-0.2, -0.15) is 5.10 Å². The maximum absolute atomic E-state index is 13.1. The number of carbonyl (C=O) groups excluding carboxylic acids is 1. The first-order chi connectivity index (χ1) is 15.0. The standard InChI is InChI=1S/C21H27N5O4S/c1-29-12-13-8-15-10-14-4-2-5-16(14)19(17(15)9-13)24-21(27)25-31(22,28)18-11-23-26-6-3-7-30-20(18)26/h10-11,13H,2-9,12H2,1H3,(H3,22,24,25,27,28)/t13-,31?/m1/s1. The minimum Gasteiger partial charge on any atom is -0.477 e. The van der Waals surface area contributed by atoms with Crippen LogP contribution in [0.25, 0.3) is 0 Å². The largest absolute Gasteiger partial charge is 0.477 e. The van der Waals surface area contributed by atoms with Crippen LogP contribution in [0, 0.1) is 5.92 Å². The Bertz CT molecular complexity index is 1170. The summed E-state index contributed by atoms with van der Waals surface area (Å²) in [6.07, 6.45) is 6.95. The van der Waals surface area contributed by atoms with Gasteiger partial charge in [-0.3, -0.25) is 0 Å². The molecule has 166 valence electrons. The van der Waals surface area contributed by atoms with Gasteiger partial charge in [0.1, 0.15) is 4.90 Å². The Labute approximate surface area is 181 Å². The number of amides is 2. The van der Waals surface area contributed by atoms with Crippen molar-refractivity contribution in [2.24, 2.45) is 15.4 Å². The topological polar surface area (TPSA) is 121 Å². The molecule has 9 nitrogen and oxygen atoms in total. The van der Waals surface area contributed by atoms with Crippen LogP contribution in [0.5, 0.6) is 5.88 Å². The van der Waals surface area contributed by atoms with E-state index in [0.717, 1.165) is 55.3 Å². The molecule has 31 heavy (non-hydrogen) atoms. The lowest BCUT2D eigenvalue weighted by atomic mass is 9.99. The number of hydrogen-bond donors (Lipinski definition) is 2. The van der Waals surface area contributed by atoms with E-state index in [0.29, 0.717) is 31.6 Å². The summed E-state index contributed by atoms with van der Waals surface area (Å²) in [5.74, 6) is 0.726. The van der Waals surface area contributed by atoms with Crippen molar-refractivity contribution < 1.29 is 18.5 Å². The Morgan fingerprint density at radius 1 is 1.35 bits per heavy atom. The lowest BCUT2D eigenvalue weighted by Gasteiger charge is -2.16. The van der Waals surface area contributed by atoms with E-state index in [9.17, 15) is 9.00 Å². The van der Waals surface area contributed by atoms with E-state index in [4.69, 9.17) is 14.6 Å². The first-order valence-electron chi connectivity index (χ1n) is 10.7. The summed E-state index contributed by atoms with van der Waals surface area (Å²) in [6, 6.07) is 1.57. The minimum atomic E-state index is -3.49. The summed E-state index contributed by atoms with van der Waals surface area (Å²) in [7, 11) is -1.78. The van der Waals surface area contributed by atoms with E-state index in [1.54, 1.807) is 11.8 Å². The Hall–Kier alpha value is -2.43. The second-order valence-corrected chi connectivity index (χ2v) is 10.2. The van der Waals surface area contributed by atoms with Crippen LogP contribution in [0.1, 0.15) is 35.1 Å². The third-order valence-electron chi connectivity index (χ3n) is 6.28. The van der Waals surface area contributed by atoms with E-state index in [-0.39, 0.29) is 4.90 Å². The highest BCUT2D eigenvalue weighted by atomic mass is 32.2. The first kappa shape index (κ1) is 20.5. The van der Waals surface area contributed by atoms with Crippen molar-refractivity contribution >= 4 is 21.6 Å². The molecule has 3 aliphatic rings. The van der Waals surface area contributed by atoms with Crippen LogP contribution in [0.2, 0.25) is 0 Å². The van der Waals surface area contributed by atoms with Crippen molar-refractivity contribution in [3.05, 3.63) is 34.5 Å². The molecule has 2 aliphatic carbocycles. The lowest BCUT2D eigenvalue weighted by Crippen LogP contribution is -2.21. The number of nitrogens with zero attached hydrogens (tertiary/aromatic N) is 3. The number of ether oxygens (including phenoxy) is 2. The van der Waals surface area contributed by atoms with Gasteiger partial charge >= 0.3 is 6.03 Å². The van der Waals surface area contributed by atoms with Crippen LogP contribution < -0.4 is 15.2 Å².